The Balaban J connectivity index is 1.97. The number of hydrogen-bond donors (Lipinski definition) is 0. The summed E-state index contributed by atoms with van der Waals surface area (Å²) in [6, 6.07) is 15.7. The van der Waals surface area contributed by atoms with E-state index < -0.39 is 0 Å². The molecule has 0 saturated heterocycles. The Morgan fingerprint density at radius 3 is 2.53 bits per heavy atom. The molecule has 0 aromatic heterocycles. The number of nitrogens with one attached hydrogen (secondary N) is 1. The Morgan fingerprint density at radius 1 is 1.12 bits per heavy atom. The summed E-state index contributed by atoms with van der Waals surface area (Å²) >= 11 is 1.74. The number of ether oxygens (including phenoxy) is 1. The van der Waals surface area contributed by atoms with E-state index in [0.29, 0.717) is 5.69 Å². The Kier molecular flexibility index (Phi) is 3.94. The van der Waals surface area contributed by atoms with Crippen molar-refractivity contribution in [2.45, 2.75) is 10.6 Å². The van der Waals surface area contributed by atoms with Gasteiger partial charge in [0.25, 0.3) is 0 Å². The van der Waals surface area contributed by atoms with E-state index in [9.17, 15) is 0 Å². The number of hydrogen-bond acceptors (Lipinski definition) is 2. The van der Waals surface area contributed by atoms with Crippen molar-refractivity contribution in [2.75, 3.05) is 7.11 Å². The molecule has 0 saturated carbocycles. The molecule has 2 rings (SSSR count). The van der Waals surface area contributed by atoms with Gasteiger partial charge in [-0.1, -0.05) is 18.2 Å². The van der Waals surface area contributed by atoms with E-state index in [4.69, 9.17) is 10.5 Å². The minimum Gasteiger partial charge on any atom is -0.497 e. The molecule has 1 N–H and O–H groups in total. The summed E-state index contributed by atoms with van der Waals surface area (Å²) in [4.78, 5) is 1.13. The number of benzene rings is 2. The molecule has 0 aliphatic carbocycles. The zero-order valence-electron chi connectivity index (χ0n) is 9.64. The van der Waals surface area contributed by atoms with Gasteiger partial charge in [-0.3, -0.25) is 0 Å². The summed E-state index contributed by atoms with van der Waals surface area (Å²) in [6.07, 6.45) is 0. The normalized spacial score (nSPS) is 10.2. The maximum Gasteiger partial charge on any atom is 0.118 e. The summed E-state index contributed by atoms with van der Waals surface area (Å²) in [7, 11) is 1.67. The largest absolute Gasteiger partial charge is 0.497 e. The van der Waals surface area contributed by atoms with Gasteiger partial charge >= 0.3 is 0 Å². The molecular weight excluding hydrogens is 230 g/mol. The van der Waals surface area contributed by atoms with Gasteiger partial charge in [-0.05, 0) is 35.9 Å². The standard InChI is InChI=1S/C14H14NOS/c1-16-13-7-5-11(6-8-13)10-17-14-4-2-3-12(15)9-14/h2-9,15H,10H2,1H3. The molecule has 0 heterocycles. The fraction of sp³-hybridized carbons (Fsp3) is 0.143. The van der Waals surface area contributed by atoms with Gasteiger partial charge in [0.2, 0.25) is 0 Å². The first-order valence-electron chi connectivity index (χ1n) is 5.35. The smallest absolute Gasteiger partial charge is 0.118 e. The van der Waals surface area contributed by atoms with E-state index in [1.807, 2.05) is 30.3 Å². The van der Waals surface area contributed by atoms with Gasteiger partial charge < -0.3 is 10.5 Å². The van der Waals surface area contributed by atoms with Crippen LogP contribution in [0.15, 0.2) is 53.4 Å². The van der Waals surface area contributed by atoms with Gasteiger partial charge in [-0.25, -0.2) is 0 Å². The number of rotatable bonds is 4. The lowest BCUT2D eigenvalue weighted by atomic mass is 10.2. The highest BCUT2D eigenvalue weighted by Crippen LogP contribution is 2.25. The quantitative estimate of drug-likeness (QED) is 0.764. The minimum atomic E-state index is 0.560. The Labute approximate surface area is 106 Å². The molecule has 0 unspecified atom stereocenters. The topological polar surface area (TPSA) is 33.0 Å². The van der Waals surface area contributed by atoms with Crippen LogP contribution in [0.4, 0.5) is 5.69 Å². The lowest BCUT2D eigenvalue weighted by Crippen LogP contribution is -1.84. The maximum atomic E-state index is 7.54. The van der Waals surface area contributed by atoms with E-state index in [1.165, 1.54) is 5.56 Å². The van der Waals surface area contributed by atoms with Crippen LogP contribution in [0.25, 0.3) is 0 Å². The first kappa shape index (κ1) is 11.9. The molecule has 17 heavy (non-hydrogen) atoms. The van der Waals surface area contributed by atoms with Gasteiger partial charge in [-0.15, -0.1) is 11.8 Å². The molecule has 2 nitrogen and oxygen atoms in total. The zero-order valence-corrected chi connectivity index (χ0v) is 10.5. The molecule has 0 atom stereocenters. The minimum absolute atomic E-state index is 0.560. The van der Waals surface area contributed by atoms with Crippen molar-refractivity contribution in [3.8, 4) is 5.75 Å². The van der Waals surface area contributed by atoms with E-state index in [2.05, 4.69) is 12.1 Å². The molecule has 1 radical (unpaired) electrons. The first-order valence-corrected chi connectivity index (χ1v) is 6.34. The Bertz CT molecular complexity index is 482. The van der Waals surface area contributed by atoms with Crippen molar-refractivity contribution in [1.29, 1.82) is 0 Å². The van der Waals surface area contributed by atoms with Crippen molar-refractivity contribution >= 4 is 17.4 Å². The molecule has 0 fully saturated rings. The predicted molar refractivity (Wildman–Crippen MR) is 71.8 cm³/mol. The molecule has 87 valence electrons. The van der Waals surface area contributed by atoms with Crippen LogP contribution in [0.2, 0.25) is 0 Å². The second-order valence-corrected chi connectivity index (χ2v) is 4.71. The highest BCUT2D eigenvalue weighted by molar-refractivity contribution is 7.98. The third kappa shape index (κ3) is 3.43. The fourth-order valence-electron chi connectivity index (χ4n) is 1.47. The van der Waals surface area contributed by atoms with Crippen molar-refractivity contribution in [3.63, 3.8) is 0 Å². The van der Waals surface area contributed by atoms with Crippen LogP contribution in [0.1, 0.15) is 5.56 Å². The second-order valence-electron chi connectivity index (χ2n) is 3.66. The van der Waals surface area contributed by atoms with E-state index in [0.717, 1.165) is 16.4 Å². The lowest BCUT2D eigenvalue weighted by Gasteiger charge is -2.04. The van der Waals surface area contributed by atoms with Crippen molar-refractivity contribution in [2.24, 2.45) is 0 Å². The molecule has 0 amide bonds. The van der Waals surface area contributed by atoms with Crippen LogP contribution in [-0.4, -0.2) is 7.11 Å². The lowest BCUT2D eigenvalue weighted by molar-refractivity contribution is 0.414. The average molecular weight is 244 g/mol. The van der Waals surface area contributed by atoms with E-state index >= 15 is 0 Å². The van der Waals surface area contributed by atoms with Crippen molar-refractivity contribution in [1.82, 2.24) is 5.73 Å². The van der Waals surface area contributed by atoms with E-state index in [-0.39, 0.29) is 0 Å². The molecule has 0 bridgehead atoms. The first-order chi connectivity index (χ1) is 8.28. The monoisotopic (exact) mass is 244 g/mol. The molecule has 0 aliphatic rings. The third-order valence-electron chi connectivity index (χ3n) is 2.40. The molecule has 2 aromatic rings. The number of methoxy groups -OCH3 is 1. The highest BCUT2D eigenvalue weighted by atomic mass is 32.2. The van der Waals surface area contributed by atoms with Crippen LogP contribution in [-0.2, 0) is 5.75 Å². The van der Waals surface area contributed by atoms with Gasteiger partial charge in [0, 0.05) is 10.6 Å². The van der Waals surface area contributed by atoms with Crippen LogP contribution >= 0.6 is 11.8 Å². The maximum absolute atomic E-state index is 7.54. The fourth-order valence-corrected chi connectivity index (χ4v) is 2.39. The molecule has 2 aromatic carbocycles. The number of thioether (sulfide) groups is 1. The summed E-state index contributed by atoms with van der Waals surface area (Å²) in [5.74, 6) is 1.79. The second kappa shape index (κ2) is 5.64. The summed E-state index contributed by atoms with van der Waals surface area (Å²) in [5, 5.41) is 0. The van der Waals surface area contributed by atoms with Crippen LogP contribution < -0.4 is 10.5 Å². The van der Waals surface area contributed by atoms with Crippen molar-refractivity contribution < 1.29 is 4.74 Å². The summed E-state index contributed by atoms with van der Waals surface area (Å²) in [5.41, 5.74) is 9.36. The average Bonchev–Trinajstić information content (AvgIpc) is 2.37. The highest BCUT2D eigenvalue weighted by Gasteiger charge is 1.98. The van der Waals surface area contributed by atoms with Gasteiger partial charge in [0.05, 0.1) is 12.8 Å². The molecular formula is C14H14NOS. The summed E-state index contributed by atoms with van der Waals surface area (Å²) < 4.78 is 5.12. The SMILES string of the molecule is COc1ccc(CSc2cccc([NH])c2)cc1. The summed E-state index contributed by atoms with van der Waals surface area (Å²) in [6.45, 7) is 0. The van der Waals surface area contributed by atoms with Crippen LogP contribution in [0.3, 0.4) is 0 Å². The molecule has 3 heteroatoms. The zero-order chi connectivity index (χ0) is 12.1. The van der Waals surface area contributed by atoms with Crippen LogP contribution in [0.5, 0.6) is 5.75 Å². The van der Waals surface area contributed by atoms with Gasteiger partial charge in [0.15, 0.2) is 0 Å². The van der Waals surface area contributed by atoms with Crippen molar-refractivity contribution in [3.05, 3.63) is 54.1 Å². The van der Waals surface area contributed by atoms with Gasteiger partial charge in [0.1, 0.15) is 5.75 Å². The van der Waals surface area contributed by atoms with Crippen LogP contribution in [0, 0.1) is 0 Å². The molecule has 0 spiro atoms. The molecule has 0 aliphatic heterocycles. The van der Waals surface area contributed by atoms with E-state index in [1.54, 1.807) is 24.9 Å². The Morgan fingerprint density at radius 2 is 1.88 bits per heavy atom. The third-order valence-corrected chi connectivity index (χ3v) is 3.46. The Hall–Kier alpha value is -1.61. The van der Waals surface area contributed by atoms with Gasteiger partial charge in [-0.2, -0.15) is 0 Å². The predicted octanol–water partition coefficient (Wildman–Crippen LogP) is 3.90.